The smallest absolute Gasteiger partial charge is 0.409 e. The molecule has 150 valence electrons. The minimum atomic E-state index is -0.454. The lowest BCUT2D eigenvalue weighted by Crippen LogP contribution is -2.51. The SMILES string of the molecule is CCOC(=O)N1CCC(NC(=O)NC(C)Oc2ccccc2C(C)C)CC1. The summed E-state index contributed by atoms with van der Waals surface area (Å²) in [4.78, 5) is 25.6. The minimum absolute atomic E-state index is 0.0332. The zero-order valence-corrected chi connectivity index (χ0v) is 16.7. The third-order valence-electron chi connectivity index (χ3n) is 4.54. The van der Waals surface area contributed by atoms with E-state index in [1.54, 1.807) is 18.7 Å². The lowest BCUT2D eigenvalue weighted by atomic mass is 10.0. The maximum Gasteiger partial charge on any atom is 0.409 e. The molecule has 1 atom stereocenters. The lowest BCUT2D eigenvalue weighted by Gasteiger charge is -2.31. The molecule has 1 aliphatic rings. The molecule has 27 heavy (non-hydrogen) atoms. The number of likely N-dealkylation sites (tertiary alicyclic amines) is 1. The number of para-hydroxylation sites is 1. The highest BCUT2D eigenvalue weighted by atomic mass is 16.6. The van der Waals surface area contributed by atoms with E-state index in [0.29, 0.717) is 38.5 Å². The van der Waals surface area contributed by atoms with Gasteiger partial charge < -0.3 is 25.0 Å². The van der Waals surface area contributed by atoms with E-state index in [1.165, 1.54) is 0 Å². The molecule has 1 aliphatic heterocycles. The summed E-state index contributed by atoms with van der Waals surface area (Å²) < 4.78 is 10.9. The van der Waals surface area contributed by atoms with E-state index in [0.717, 1.165) is 11.3 Å². The first-order chi connectivity index (χ1) is 12.9. The Bertz CT molecular complexity index is 627. The van der Waals surface area contributed by atoms with Gasteiger partial charge >= 0.3 is 12.1 Å². The van der Waals surface area contributed by atoms with Gasteiger partial charge in [-0.1, -0.05) is 32.0 Å². The van der Waals surface area contributed by atoms with Crippen LogP contribution in [0.3, 0.4) is 0 Å². The molecule has 7 heteroatoms. The third kappa shape index (κ3) is 6.34. The van der Waals surface area contributed by atoms with Crippen LogP contribution in [0, 0.1) is 0 Å². The second-order valence-corrected chi connectivity index (χ2v) is 7.03. The first-order valence-electron chi connectivity index (χ1n) is 9.65. The van der Waals surface area contributed by atoms with Gasteiger partial charge in [0.05, 0.1) is 6.61 Å². The summed E-state index contributed by atoms with van der Waals surface area (Å²) in [6.07, 6.45) is 0.672. The van der Waals surface area contributed by atoms with E-state index in [4.69, 9.17) is 9.47 Å². The number of rotatable bonds is 6. The van der Waals surface area contributed by atoms with Crippen LogP contribution in [0.4, 0.5) is 9.59 Å². The molecule has 0 spiro atoms. The number of nitrogens with zero attached hydrogens (tertiary/aromatic N) is 1. The van der Waals surface area contributed by atoms with Crippen molar-refractivity contribution in [3.8, 4) is 5.75 Å². The van der Waals surface area contributed by atoms with Gasteiger partial charge in [-0.15, -0.1) is 0 Å². The van der Waals surface area contributed by atoms with Gasteiger partial charge in [-0.3, -0.25) is 0 Å². The number of ether oxygens (including phenoxy) is 2. The Morgan fingerprint density at radius 3 is 2.48 bits per heavy atom. The highest BCUT2D eigenvalue weighted by Gasteiger charge is 2.25. The molecule has 1 saturated heterocycles. The van der Waals surface area contributed by atoms with Crippen LogP contribution in [-0.4, -0.2) is 49.0 Å². The Kier molecular flexibility index (Phi) is 7.76. The summed E-state index contributed by atoms with van der Waals surface area (Å²) in [5, 5.41) is 5.77. The van der Waals surface area contributed by atoms with Crippen molar-refractivity contribution in [2.45, 2.75) is 58.7 Å². The molecule has 1 aromatic rings. The molecule has 0 saturated carbocycles. The van der Waals surface area contributed by atoms with Crippen molar-refractivity contribution < 1.29 is 19.1 Å². The molecular weight excluding hydrogens is 346 g/mol. The summed E-state index contributed by atoms with van der Waals surface area (Å²) in [6.45, 7) is 9.34. The minimum Gasteiger partial charge on any atom is -0.471 e. The van der Waals surface area contributed by atoms with Crippen LogP contribution < -0.4 is 15.4 Å². The molecule has 0 aromatic heterocycles. The molecule has 2 rings (SSSR count). The second-order valence-electron chi connectivity index (χ2n) is 7.03. The molecule has 0 aliphatic carbocycles. The first-order valence-corrected chi connectivity index (χ1v) is 9.65. The predicted octanol–water partition coefficient (Wildman–Crippen LogP) is 3.45. The molecule has 2 N–H and O–H groups in total. The summed E-state index contributed by atoms with van der Waals surface area (Å²) in [6, 6.07) is 7.62. The maximum absolute atomic E-state index is 12.2. The van der Waals surface area contributed by atoms with Gasteiger partial charge in [-0.2, -0.15) is 0 Å². The largest absolute Gasteiger partial charge is 0.471 e. The van der Waals surface area contributed by atoms with Crippen molar-refractivity contribution in [2.24, 2.45) is 0 Å². The summed E-state index contributed by atoms with van der Waals surface area (Å²) in [5.41, 5.74) is 1.11. The second kappa shape index (κ2) is 10.0. The van der Waals surface area contributed by atoms with Gasteiger partial charge in [0.15, 0.2) is 6.23 Å². The Morgan fingerprint density at radius 1 is 1.19 bits per heavy atom. The number of hydrogen-bond donors (Lipinski definition) is 2. The van der Waals surface area contributed by atoms with E-state index in [2.05, 4.69) is 24.5 Å². The van der Waals surface area contributed by atoms with E-state index in [-0.39, 0.29) is 18.2 Å². The van der Waals surface area contributed by atoms with Crippen LogP contribution in [-0.2, 0) is 4.74 Å². The van der Waals surface area contributed by atoms with Gasteiger partial charge in [0, 0.05) is 19.1 Å². The summed E-state index contributed by atoms with van der Waals surface area (Å²) in [7, 11) is 0. The Morgan fingerprint density at radius 2 is 1.85 bits per heavy atom. The van der Waals surface area contributed by atoms with Crippen LogP contribution in [0.2, 0.25) is 0 Å². The van der Waals surface area contributed by atoms with Crippen molar-refractivity contribution >= 4 is 12.1 Å². The van der Waals surface area contributed by atoms with E-state index in [1.807, 2.05) is 24.3 Å². The third-order valence-corrected chi connectivity index (χ3v) is 4.54. The number of carbonyl (C=O) groups is 2. The highest BCUT2D eigenvalue weighted by molar-refractivity contribution is 5.74. The fraction of sp³-hybridized carbons (Fsp3) is 0.600. The highest BCUT2D eigenvalue weighted by Crippen LogP contribution is 2.26. The molecule has 1 unspecified atom stereocenters. The number of piperidine rings is 1. The van der Waals surface area contributed by atoms with Crippen LogP contribution in [0.1, 0.15) is 52.0 Å². The fourth-order valence-electron chi connectivity index (χ4n) is 3.12. The van der Waals surface area contributed by atoms with Gasteiger partial charge in [-0.25, -0.2) is 9.59 Å². The van der Waals surface area contributed by atoms with Crippen molar-refractivity contribution in [3.63, 3.8) is 0 Å². The predicted molar refractivity (Wildman–Crippen MR) is 104 cm³/mol. The van der Waals surface area contributed by atoms with Gasteiger partial charge in [0.1, 0.15) is 5.75 Å². The monoisotopic (exact) mass is 377 g/mol. The number of amides is 3. The molecular formula is C20H31N3O4. The average Bonchev–Trinajstić information content (AvgIpc) is 2.62. The zero-order valence-electron chi connectivity index (χ0n) is 16.7. The molecule has 0 radical (unpaired) electrons. The Labute approximate surface area is 161 Å². The summed E-state index contributed by atoms with van der Waals surface area (Å²) >= 11 is 0. The van der Waals surface area contributed by atoms with E-state index < -0.39 is 6.23 Å². The molecule has 0 bridgehead atoms. The molecule has 1 fully saturated rings. The number of benzene rings is 1. The topological polar surface area (TPSA) is 79.9 Å². The van der Waals surface area contributed by atoms with Crippen molar-refractivity contribution in [2.75, 3.05) is 19.7 Å². The van der Waals surface area contributed by atoms with Gasteiger partial charge in [-0.05, 0) is 44.2 Å². The molecule has 7 nitrogen and oxygen atoms in total. The van der Waals surface area contributed by atoms with Crippen molar-refractivity contribution in [1.29, 1.82) is 0 Å². The van der Waals surface area contributed by atoms with Crippen molar-refractivity contribution in [3.05, 3.63) is 29.8 Å². The lowest BCUT2D eigenvalue weighted by molar-refractivity contribution is 0.0955. The van der Waals surface area contributed by atoms with Gasteiger partial charge in [0.25, 0.3) is 0 Å². The number of nitrogens with one attached hydrogen (secondary N) is 2. The van der Waals surface area contributed by atoms with Gasteiger partial charge in [0.2, 0.25) is 0 Å². The van der Waals surface area contributed by atoms with Crippen molar-refractivity contribution in [1.82, 2.24) is 15.5 Å². The van der Waals surface area contributed by atoms with Crippen LogP contribution in [0.15, 0.2) is 24.3 Å². The van der Waals surface area contributed by atoms with Crippen LogP contribution >= 0.6 is 0 Å². The molecule has 3 amide bonds. The average molecular weight is 377 g/mol. The van der Waals surface area contributed by atoms with Crippen LogP contribution in [0.25, 0.3) is 0 Å². The number of urea groups is 1. The van der Waals surface area contributed by atoms with E-state index >= 15 is 0 Å². The fourth-order valence-corrected chi connectivity index (χ4v) is 3.12. The number of hydrogen-bond acceptors (Lipinski definition) is 4. The molecule has 1 aromatic carbocycles. The van der Waals surface area contributed by atoms with Crippen LogP contribution in [0.5, 0.6) is 5.75 Å². The molecule has 1 heterocycles. The maximum atomic E-state index is 12.2. The summed E-state index contributed by atoms with van der Waals surface area (Å²) in [5.74, 6) is 1.12. The van der Waals surface area contributed by atoms with E-state index in [9.17, 15) is 9.59 Å². The quantitative estimate of drug-likeness (QED) is 0.744. The zero-order chi connectivity index (χ0) is 19.8. The number of carbonyl (C=O) groups excluding carboxylic acids is 2. The Hall–Kier alpha value is -2.44. The first kappa shape index (κ1) is 20.9. The normalized spacial score (nSPS) is 16.0. The Balaban J connectivity index is 1.77. The standard InChI is InChI=1S/C20H31N3O4/c1-5-26-20(25)23-12-10-16(11-13-23)22-19(24)21-15(4)27-18-9-7-6-8-17(18)14(2)3/h6-9,14-16H,5,10-13H2,1-4H3,(H2,21,22,24).